The van der Waals surface area contributed by atoms with Crippen LogP contribution in [0.1, 0.15) is 0 Å². The Balaban J connectivity index is 2.13. The van der Waals surface area contributed by atoms with E-state index in [1.807, 2.05) is 0 Å². The molecule has 1 saturated heterocycles. The molecule has 1 aliphatic rings. The predicted octanol–water partition coefficient (Wildman–Crippen LogP) is 0.650. The van der Waals surface area contributed by atoms with E-state index in [0.29, 0.717) is 0 Å². The maximum Gasteiger partial charge on any atom is 0.266 e. The molecule has 1 atom stereocenters. The molecule has 0 spiro atoms. The molecule has 0 aliphatic carbocycles. The number of hydrogen-bond donors (Lipinski definition) is 0. The summed E-state index contributed by atoms with van der Waals surface area (Å²) >= 11 is 0. The van der Waals surface area contributed by atoms with Crippen LogP contribution in [-0.2, 0) is 4.74 Å². The third-order valence-corrected chi connectivity index (χ3v) is 0.640. The van der Waals surface area contributed by atoms with Gasteiger partial charge in [0.25, 0.3) is 6.43 Å². The molecular formula is C3H4F2O. The van der Waals surface area contributed by atoms with E-state index >= 15 is 0 Å². The Labute approximate surface area is 33.9 Å². The molecule has 0 aromatic carbocycles. The van der Waals surface area contributed by atoms with Gasteiger partial charge in [-0.3, -0.25) is 0 Å². The fourth-order valence-electron chi connectivity index (χ4n) is 0.201. The molecule has 1 rings (SSSR count). The van der Waals surface area contributed by atoms with Crippen LogP contribution in [0.3, 0.4) is 0 Å². The lowest BCUT2D eigenvalue weighted by atomic mass is 10.5. The molecule has 0 N–H and O–H groups in total. The van der Waals surface area contributed by atoms with Crippen LogP contribution in [0, 0.1) is 0 Å². The highest BCUT2D eigenvalue weighted by Crippen LogP contribution is 2.16. The van der Waals surface area contributed by atoms with Crippen LogP contribution in [0.5, 0.6) is 0 Å². The lowest BCUT2D eigenvalue weighted by Crippen LogP contribution is -1.98. The van der Waals surface area contributed by atoms with Gasteiger partial charge in [-0.25, -0.2) is 8.78 Å². The quantitative estimate of drug-likeness (QED) is 0.434. The average molecular weight is 94.1 g/mol. The molecule has 6 heavy (non-hydrogen) atoms. The Kier molecular flexibility index (Phi) is 0.765. The minimum atomic E-state index is -2.26. The molecule has 1 fully saturated rings. The first kappa shape index (κ1) is 3.99. The highest BCUT2D eigenvalue weighted by Gasteiger charge is 2.32. The summed E-state index contributed by atoms with van der Waals surface area (Å²) in [5.74, 6) is 0. The van der Waals surface area contributed by atoms with Crippen LogP contribution in [0.15, 0.2) is 0 Å². The number of alkyl halides is 2. The molecule has 0 aromatic rings. The van der Waals surface area contributed by atoms with Crippen molar-refractivity contribution in [3.63, 3.8) is 0 Å². The average Bonchev–Trinajstić information content (AvgIpc) is 2.06. The van der Waals surface area contributed by atoms with Crippen LogP contribution >= 0.6 is 0 Å². The highest BCUT2D eigenvalue weighted by molar-refractivity contribution is 4.70. The maximum atomic E-state index is 11.1. The summed E-state index contributed by atoms with van der Waals surface area (Å²) in [6.07, 6.45) is -2.99. The van der Waals surface area contributed by atoms with Crippen molar-refractivity contribution in [1.29, 1.82) is 0 Å². The molecule has 0 unspecified atom stereocenters. The van der Waals surface area contributed by atoms with Crippen molar-refractivity contribution in [2.45, 2.75) is 12.5 Å². The van der Waals surface area contributed by atoms with Gasteiger partial charge >= 0.3 is 0 Å². The van der Waals surface area contributed by atoms with Gasteiger partial charge < -0.3 is 4.74 Å². The minimum Gasteiger partial charge on any atom is -0.367 e. The Hall–Kier alpha value is -0.180. The van der Waals surface area contributed by atoms with Gasteiger partial charge in [-0.1, -0.05) is 0 Å². The van der Waals surface area contributed by atoms with Crippen molar-refractivity contribution in [3.8, 4) is 0 Å². The molecule has 36 valence electrons. The minimum absolute atomic E-state index is 0.248. The van der Waals surface area contributed by atoms with E-state index in [9.17, 15) is 8.78 Å². The number of epoxide rings is 1. The Bertz CT molecular complexity index is 50.8. The zero-order valence-corrected chi connectivity index (χ0v) is 3.03. The van der Waals surface area contributed by atoms with E-state index in [1.165, 1.54) is 0 Å². The topological polar surface area (TPSA) is 12.5 Å². The summed E-state index contributed by atoms with van der Waals surface area (Å²) < 4.78 is 26.4. The van der Waals surface area contributed by atoms with E-state index in [-0.39, 0.29) is 6.61 Å². The van der Waals surface area contributed by atoms with Crippen LogP contribution in [0.25, 0.3) is 0 Å². The third kappa shape index (κ3) is 0.653. The SMILES string of the molecule is FC(F)[C@H]1CO1. The fraction of sp³-hybridized carbons (Fsp3) is 1.00. The summed E-state index contributed by atoms with van der Waals surface area (Å²) in [7, 11) is 0. The van der Waals surface area contributed by atoms with Gasteiger partial charge in [-0.05, 0) is 0 Å². The molecule has 0 saturated carbocycles. The largest absolute Gasteiger partial charge is 0.367 e. The number of halogens is 2. The van der Waals surface area contributed by atoms with E-state index in [2.05, 4.69) is 4.74 Å². The van der Waals surface area contributed by atoms with Crippen molar-refractivity contribution in [3.05, 3.63) is 0 Å². The second-order valence-corrected chi connectivity index (χ2v) is 1.21. The van der Waals surface area contributed by atoms with Gasteiger partial charge in [0.1, 0.15) is 6.10 Å². The Morgan fingerprint density at radius 3 is 2.17 bits per heavy atom. The molecule has 1 heterocycles. The van der Waals surface area contributed by atoms with Crippen molar-refractivity contribution in [2.24, 2.45) is 0 Å². The van der Waals surface area contributed by atoms with E-state index in [0.717, 1.165) is 0 Å². The monoisotopic (exact) mass is 94.0 g/mol. The Morgan fingerprint density at radius 1 is 1.67 bits per heavy atom. The van der Waals surface area contributed by atoms with E-state index in [4.69, 9.17) is 0 Å². The lowest BCUT2D eigenvalue weighted by molar-refractivity contribution is 0.108. The number of ether oxygens (including phenoxy) is 1. The molecule has 0 amide bonds. The van der Waals surface area contributed by atoms with Gasteiger partial charge in [0.05, 0.1) is 6.61 Å². The van der Waals surface area contributed by atoms with Crippen LogP contribution in [-0.4, -0.2) is 19.1 Å². The van der Waals surface area contributed by atoms with Crippen molar-refractivity contribution in [1.82, 2.24) is 0 Å². The predicted molar refractivity (Wildman–Crippen MR) is 15.7 cm³/mol. The second kappa shape index (κ2) is 1.15. The third-order valence-electron chi connectivity index (χ3n) is 0.640. The fourth-order valence-corrected chi connectivity index (χ4v) is 0.201. The standard InChI is InChI=1S/C3H4F2O/c4-3(5)2-1-6-2/h2-3H,1H2/t2-/m1/s1. The van der Waals surface area contributed by atoms with E-state index in [1.54, 1.807) is 0 Å². The van der Waals surface area contributed by atoms with Crippen LogP contribution < -0.4 is 0 Å². The van der Waals surface area contributed by atoms with E-state index < -0.39 is 12.5 Å². The van der Waals surface area contributed by atoms with Crippen molar-refractivity contribution in [2.75, 3.05) is 6.61 Å². The normalized spacial score (nSPS) is 31.5. The first-order valence-corrected chi connectivity index (χ1v) is 1.70. The second-order valence-electron chi connectivity index (χ2n) is 1.21. The molecule has 1 nitrogen and oxygen atoms in total. The lowest BCUT2D eigenvalue weighted by Gasteiger charge is -1.82. The Morgan fingerprint density at radius 2 is 2.17 bits per heavy atom. The van der Waals surface area contributed by atoms with Gasteiger partial charge in [0, 0.05) is 0 Å². The summed E-state index contributed by atoms with van der Waals surface area (Å²) in [5.41, 5.74) is 0. The molecular weight excluding hydrogens is 90.0 g/mol. The summed E-state index contributed by atoms with van der Waals surface area (Å²) in [6.45, 7) is 0.248. The van der Waals surface area contributed by atoms with Gasteiger partial charge in [-0.15, -0.1) is 0 Å². The smallest absolute Gasteiger partial charge is 0.266 e. The molecule has 1 aliphatic heterocycles. The first-order chi connectivity index (χ1) is 2.80. The highest BCUT2D eigenvalue weighted by atomic mass is 19.3. The summed E-state index contributed by atoms with van der Waals surface area (Å²) in [5, 5.41) is 0. The van der Waals surface area contributed by atoms with Crippen LogP contribution in [0.2, 0.25) is 0 Å². The first-order valence-electron chi connectivity index (χ1n) is 1.70. The summed E-state index contributed by atoms with van der Waals surface area (Å²) in [6, 6.07) is 0. The number of rotatable bonds is 1. The van der Waals surface area contributed by atoms with Crippen molar-refractivity contribution < 1.29 is 13.5 Å². The van der Waals surface area contributed by atoms with Gasteiger partial charge in [0.2, 0.25) is 0 Å². The molecule has 0 aromatic heterocycles. The van der Waals surface area contributed by atoms with Crippen LogP contribution in [0.4, 0.5) is 8.78 Å². The van der Waals surface area contributed by atoms with Gasteiger partial charge in [0.15, 0.2) is 0 Å². The molecule has 3 heteroatoms. The molecule has 0 radical (unpaired) electrons. The van der Waals surface area contributed by atoms with Gasteiger partial charge in [-0.2, -0.15) is 0 Å². The number of hydrogen-bond acceptors (Lipinski definition) is 1. The maximum absolute atomic E-state index is 11.1. The van der Waals surface area contributed by atoms with Crippen molar-refractivity contribution >= 4 is 0 Å². The zero-order chi connectivity index (χ0) is 4.57. The summed E-state index contributed by atoms with van der Waals surface area (Å²) in [4.78, 5) is 0. The molecule has 0 bridgehead atoms. The zero-order valence-electron chi connectivity index (χ0n) is 3.03.